The van der Waals surface area contributed by atoms with Crippen molar-refractivity contribution in [1.29, 1.82) is 0 Å². The summed E-state index contributed by atoms with van der Waals surface area (Å²) in [7, 11) is -3.91. The number of nitrogens with two attached hydrogens (primary N) is 2. The Morgan fingerprint density at radius 3 is 2.35 bits per heavy atom. The molecule has 0 radical (unpaired) electrons. The highest BCUT2D eigenvalue weighted by Gasteiger charge is 2.19. The Kier molecular flexibility index (Phi) is 7.42. The van der Waals surface area contributed by atoms with Gasteiger partial charge in [-0.25, -0.2) is 18.4 Å². The molecule has 10 heteroatoms. The molecule has 0 unspecified atom stereocenters. The van der Waals surface area contributed by atoms with E-state index >= 15 is 0 Å². The topological polar surface area (TPSA) is 150 Å². The lowest BCUT2D eigenvalue weighted by molar-refractivity contribution is 0.0527. The van der Waals surface area contributed by atoms with Crippen molar-refractivity contribution >= 4 is 22.2 Å². The number of nitrogens with zero attached hydrogens (tertiary/aromatic N) is 2. The molecule has 1 aromatic heterocycles. The highest BCUT2D eigenvalue weighted by molar-refractivity contribution is 7.89. The zero-order valence-electron chi connectivity index (χ0n) is 20.0. The fourth-order valence-corrected chi connectivity index (χ4v) is 4.84. The highest BCUT2D eigenvalue weighted by Crippen LogP contribution is 2.32. The molecular weight excluding hydrogens is 492 g/mol. The Morgan fingerprint density at radius 1 is 1.03 bits per heavy atom. The smallest absolute Gasteiger partial charge is 0.340 e. The van der Waals surface area contributed by atoms with Crippen LogP contribution in [-0.4, -0.2) is 36.9 Å². The number of rotatable bonds is 8. The Labute approximate surface area is 214 Å². The SMILES string of the molecule is CCOC(=O)c1cn(Cc2cc(/C=N\N)ccc2O)cc1-c1ccc(-c2ccccc2S(N)(=O)=O)cc1. The van der Waals surface area contributed by atoms with Gasteiger partial charge in [-0.15, -0.1) is 0 Å². The molecule has 0 spiro atoms. The van der Waals surface area contributed by atoms with Crippen molar-refractivity contribution in [1.82, 2.24) is 4.57 Å². The van der Waals surface area contributed by atoms with Crippen LogP contribution in [0.2, 0.25) is 0 Å². The van der Waals surface area contributed by atoms with E-state index in [2.05, 4.69) is 5.10 Å². The molecule has 37 heavy (non-hydrogen) atoms. The first-order chi connectivity index (χ1) is 17.7. The largest absolute Gasteiger partial charge is 0.508 e. The van der Waals surface area contributed by atoms with E-state index in [1.165, 1.54) is 12.3 Å². The molecule has 4 aromatic rings. The van der Waals surface area contributed by atoms with Gasteiger partial charge in [-0.1, -0.05) is 42.5 Å². The first kappa shape index (κ1) is 25.7. The van der Waals surface area contributed by atoms with Crippen LogP contribution < -0.4 is 11.0 Å². The van der Waals surface area contributed by atoms with Crippen molar-refractivity contribution in [3.8, 4) is 28.0 Å². The van der Waals surface area contributed by atoms with Gasteiger partial charge in [-0.05, 0) is 47.9 Å². The monoisotopic (exact) mass is 518 g/mol. The number of hydrogen-bond donors (Lipinski definition) is 3. The number of phenolic OH excluding ortho intramolecular Hbond substituents is 1. The summed E-state index contributed by atoms with van der Waals surface area (Å²) in [4.78, 5) is 12.8. The molecule has 0 aliphatic carbocycles. The zero-order chi connectivity index (χ0) is 26.6. The summed E-state index contributed by atoms with van der Waals surface area (Å²) in [5.74, 6) is 4.86. The highest BCUT2D eigenvalue weighted by atomic mass is 32.2. The van der Waals surface area contributed by atoms with E-state index in [0.29, 0.717) is 27.8 Å². The number of sulfonamides is 1. The standard InChI is InChI=1S/C27H26N4O5S/c1-2-36-27(33)24-17-31(15-21-13-18(14-30-28)7-12-25(21)32)16-23(24)20-10-8-19(9-11-20)22-5-3-4-6-26(22)37(29,34)35/h3-14,16-17,32H,2,15,28H2,1H3,(H2,29,34,35)/b30-14-. The average molecular weight is 519 g/mol. The fraction of sp³-hybridized carbons (Fsp3) is 0.111. The second-order valence-electron chi connectivity index (χ2n) is 8.26. The summed E-state index contributed by atoms with van der Waals surface area (Å²) in [5, 5.41) is 19.2. The molecule has 0 saturated heterocycles. The van der Waals surface area contributed by atoms with Gasteiger partial charge in [0.1, 0.15) is 5.75 Å². The van der Waals surface area contributed by atoms with Crippen LogP contribution in [0.15, 0.2) is 89.1 Å². The average Bonchev–Trinajstić information content (AvgIpc) is 3.30. The van der Waals surface area contributed by atoms with E-state index in [0.717, 1.165) is 11.1 Å². The minimum Gasteiger partial charge on any atom is -0.508 e. The number of primary sulfonamides is 1. The maximum atomic E-state index is 12.8. The number of carbonyl (C=O) groups is 1. The number of aromatic nitrogens is 1. The third-order valence-electron chi connectivity index (χ3n) is 5.76. The van der Waals surface area contributed by atoms with Crippen molar-refractivity contribution in [3.63, 3.8) is 0 Å². The second-order valence-corrected chi connectivity index (χ2v) is 9.79. The van der Waals surface area contributed by atoms with Crippen LogP contribution in [0, 0.1) is 0 Å². The van der Waals surface area contributed by atoms with Gasteiger partial charge in [0.25, 0.3) is 0 Å². The van der Waals surface area contributed by atoms with Gasteiger partial charge in [0, 0.05) is 29.1 Å². The lowest BCUT2D eigenvalue weighted by Crippen LogP contribution is -2.13. The maximum Gasteiger partial charge on any atom is 0.340 e. The quantitative estimate of drug-likeness (QED) is 0.140. The molecule has 0 fully saturated rings. The fourth-order valence-electron chi connectivity index (χ4n) is 4.08. The number of hydrogen-bond acceptors (Lipinski definition) is 7. The van der Waals surface area contributed by atoms with E-state index in [-0.39, 0.29) is 23.8 Å². The van der Waals surface area contributed by atoms with Gasteiger partial charge in [0.05, 0.1) is 29.8 Å². The number of phenols is 1. The third-order valence-corrected chi connectivity index (χ3v) is 6.72. The molecule has 9 nitrogen and oxygen atoms in total. The van der Waals surface area contributed by atoms with Gasteiger partial charge in [0.15, 0.2) is 0 Å². The summed E-state index contributed by atoms with van der Waals surface area (Å²) in [6.07, 6.45) is 4.94. The Morgan fingerprint density at radius 2 is 1.70 bits per heavy atom. The molecule has 1 heterocycles. The Hall–Kier alpha value is -4.41. The molecule has 5 N–H and O–H groups in total. The van der Waals surface area contributed by atoms with E-state index < -0.39 is 16.0 Å². The lowest BCUT2D eigenvalue weighted by Gasteiger charge is -2.09. The van der Waals surface area contributed by atoms with Crippen LogP contribution in [0.25, 0.3) is 22.3 Å². The lowest BCUT2D eigenvalue weighted by atomic mass is 10.00. The normalized spacial score (nSPS) is 11.6. The number of ether oxygens (including phenoxy) is 1. The van der Waals surface area contributed by atoms with Crippen LogP contribution >= 0.6 is 0 Å². The van der Waals surface area contributed by atoms with E-state index in [1.54, 1.807) is 84.5 Å². The van der Waals surface area contributed by atoms with Gasteiger partial charge >= 0.3 is 5.97 Å². The van der Waals surface area contributed by atoms with Crippen molar-refractivity contribution in [2.75, 3.05) is 6.61 Å². The molecule has 0 amide bonds. The molecule has 4 rings (SSSR count). The van der Waals surface area contributed by atoms with Crippen LogP contribution in [0.1, 0.15) is 28.4 Å². The van der Waals surface area contributed by atoms with Crippen molar-refractivity contribution in [2.24, 2.45) is 16.1 Å². The van der Waals surface area contributed by atoms with Crippen LogP contribution in [0.4, 0.5) is 0 Å². The molecule has 0 atom stereocenters. The van der Waals surface area contributed by atoms with E-state index in [1.807, 2.05) is 0 Å². The summed E-state index contributed by atoms with van der Waals surface area (Å²) >= 11 is 0. The molecule has 190 valence electrons. The summed E-state index contributed by atoms with van der Waals surface area (Å²) < 4.78 is 31.1. The van der Waals surface area contributed by atoms with Crippen LogP contribution in [0.3, 0.4) is 0 Å². The molecule has 0 saturated carbocycles. The summed E-state index contributed by atoms with van der Waals surface area (Å²) in [5.41, 5.74) is 4.20. The minimum atomic E-state index is -3.91. The number of aromatic hydroxyl groups is 1. The number of hydrazone groups is 1. The molecule has 3 aromatic carbocycles. The van der Waals surface area contributed by atoms with Crippen LogP contribution in [-0.2, 0) is 21.3 Å². The summed E-state index contributed by atoms with van der Waals surface area (Å²) in [6.45, 7) is 2.23. The Balaban J connectivity index is 1.73. The molecule has 0 aliphatic rings. The van der Waals surface area contributed by atoms with Crippen molar-refractivity contribution in [3.05, 3.63) is 95.8 Å². The minimum absolute atomic E-state index is 0.0304. The van der Waals surface area contributed by atoms with E-state index in [9.17, 15) is 18.3 Å². The molecule has 0 bridgehead atoms. The second kappa shape index (κ2) is 10.7. The summed E-state index contributed by atoms with van der Waals surface area (Å²) in [6, 6.07) is 18.6. The van der Waals surface area contributed by atoms with Crippen molar-refractivity contribution in [2.45, 2.75) is 18.4 Å². The van der Waals surface area contributed by atoms with Crippen molar-refractivity contribution < 1.29 is 23.1 Å². The third kappa shape index (κ3) is 5.71. The van der Waals surface area contributed by atoms with Gasteiger partial charge < -0.3 is 20.3 Å². The van der Waals surface area contributed by atoms with Gasteiger partial charge in [-0.2, -0.15) is 5.10 Å². The zero-order valence-corrected chi connectivity index (χ0v) is 20.9. The number of carbonyl (C=O) groups excluding carboxylic acids is 1. The number of esters is 1. The predicted octanol–water partition coefficient (Wildman–Crippen LogP) is 3.69. The predicted molar refractivity (Wildman–Crippen MR) is 142 cm³/mol. The van der Waals surface area contributed by atoms with Gasteiger partial charge in [-0.3, -0.25) is 0 Å². The number of benzene rings is 3. The Bertz CT molecular complexity index is 1570. The molecular formula is C27H26N4O5S. The first-order valence-corrected chi connectivity index (χ1v) is 12.9. The maximum absolute atomic E-state index is 12.8. The van der Waals surface area contributed by atoms with E-state index in [4.69, 9.17) is 15.7 Å². The van der Waals surface area contributed by atoms with Crippen LogP contribution in [0.5, 0.6) is 5.75 Å². The molecule has 0 aliphatic heterocycles. The van der Waals surface area contributed by atoms with Gasteiger partial charge in [0.2, 0.25) is 10.0 Å². The first-order valence-electron chi connectivity index (χ1n) is 11.4.